The summed E-state index contributed by atoms with van der Waals surface area (Å²) < 4.78 is 13.2. The Hall–Kier alpha value is -2.11. The Morgan fingerprint density at radius 1 is 1.37 bits per heavy atom. The molecule has 19 heavy (non-hydrogen) atoms. The van der Waals surface area contributed by atoms with Gasteiger partial charge < -0.3 is 15.7 Å². The average molecular weight is 266 g/mol. The highest BCUT2D eigenvalue weighted by Gasteiger charge is 2.26. The summed E-state index contributed by atoms with van der Waals surface area (Å²) in [6.45, 7) is 2.11. The van der Waals surface area contributed by atoms with Gasteiger partial charge in [0.05, 0.1) is 5.56 Å². The van der Waals surface area contributed by atoms with Crippen LogP contribution in [-0.2, 0) is 0 Å². The second-order valence-corrected chi connectivity index (χ2v) is 4.87. The van der Waals surface area contributed by atoms with Crippen molar-refractivity contribution in [1.82, 2.24) is 5.32 Å². The van der Waals surface area contributed by atoms with Gasteiger partial charge in [0.1, 0.15) is 5.82 Å². The maximum atomic E-state index is 13.2. The van der Waals surface area contributed by atoms with Crippen LogP contribution in [-0.4, -0.2) is 23.1 Å². The fourth-order valence-corrected chi connectivity index (χ4v) is 2.14. The molecule has 2 rings (SSSR count). The van der Waals surface area contributed by atoms with Crippen molar-refractivity contribution < 1.29 is 19.1 Å². The number of carboxylic acid groups (broad SMARTS) is 1. The van der Waals surface area contributed by atoms with Crippen LogP contribution in [0.4, 0.5) is 14.9 Å². The molecule has 2 amide bonds. The van der Waals surface area contributed by atoms with Gasteiger partial charge >= 0.3 is 12.0 Å². The van der Waals surface area contributed by atoms with E-state index in [0.29, 0.717) is 5.92 Å². The Balaban J connectivity index is 1.97. The highest BCUT2D eigenvalue weighted by atomic mass is 19.1. The lowest BCUT2D eigenvalue weighted by Gasteiger charge is -2.33. The van der Waals surface area contributed by atoms with E-state index in [-0.39, 0.29) is 11.7 Å². The standard InChI is InChI=1S/C13H15FN2O3/c1-7-4-9(5-7)16-13(19)15-8-2-3-11(14)10(6-8)12(17)18/h2-3,6-7,9H,4-5H2,1H3,(H,17,18)(H2,15,16,19). The highest BCUT2D eigenvalue weighted by Crippen LogP contribution is 2.26. The van der Waals surface area contributed by atoms with E-state index in [2.05, 4.69) is 17.6 Å². The summed E-state index contributed by atoms with van der Waals surface area (Å²) in [6, 6.07) is 3.20. The molecule has 0 atom stereocenters. The monoisotopic (exact) mass is 266 g/mol. The van der Waals surface area contributed by atoms with E-state index in [9.17, 15) is 14.0 Å². The molecule has 6 heteroatoms. The first kappa shape index (κ1) is 13.3. The minimum absolute atomic E-state index is 0.161. The van der Waals surface area contributed by atoms with Crippen molar-refractivity contribution in [3.63, 3.8) is 0 Å². The zero-order valence-corrected chi connectivity index (χ0v) is 10.4. The smallest absolute Gasteiger partial charge is 0.338 e. The van der Waals surface area contributed by atoms with Crippen LogP contribution in [0.3, 0.4) is 0 Å². The van der Waals surface area contributed by atoms with Crippen molar-refractivity contribution in [3.8, 4) is 0 Å². The lowest BCUT2D eigenvalue weighted by atomic mass is 9.82. The molecule has 0 aliphatic heterocycles. The van der Waals surface area contributed by atoms with E-state index in [0.717, 1.165) is 25.0 Å². The Morgan fingerprint density at radius 3 is 2.63 bits per heavy atom. The van der Waals surface area contributed by atoms with Crippen LogP contribution >= 0.6 is 0 Å². The molecule has 5 nitrogen and oxygen atoms in total. The third-order valence-corrected chi connectivity index (χ3v) is 3.16. The van der Waals surface area contributed by atoms with Crippen molar-refractivity contribution in [3.05, 3.63) is 29.6 Å². The van der Waals surface area contributed by atoms with E-state index >= 15 is 0 Å². The van der Waals surface area contributed by atoms with Gasteiger partial charge in [-0.3, -0.25) is 0 Å². The third kappa shape index (κ3) is 3.21. The predicted molar refractivity (Wildman–Crippen MR) is 67.7 cm³/mol. The number of hydrogen-bond acceptors (Lipinski definition) is 2. The molecule has 0 saturated heterocycles. The molecule has 3 N–H and O–H groups in total. The van der Waals surface area contributed by atoms with Crippen molar-refractivity contribution in [2.45, 2.75) is 25.8 Å². The Labute approximate surface area is 109 Å². The average Bonchev–Trinajstić information content (AvgIpc) is 2.29. The minimum atomic E-state index is -1.37. The molecule has 1 aliphatic rings. The quantitative estimate of drug-likeness (QED) is 0.786. The molecule has 0 aromatic heterocycles. The van der Waals surface area contributed by atoms with E-state index in [1.807, 2.05) is 0 Å². The lowest BCUT2D eigenvalue weighted by Crippen LogP contribution is -2.45. The van der Waals surface area contributed by atoms with Gasteiger partial charge in [0.2, 0.25) is 0 Å². The van der Waals surface area contributed by atoms with Gasteiger partial charge in [-0.2, -0.15) is 0 Å². The van der Waals surface area contributed by atoms with Crippen LogP contribution in [0.2, 0.25) is 0 Å². The number of carbonyl (C=O) groups is 2. The van der Waals surface area contributed by atoms with Crippen LogP contribution in [0.15, 0.2) is 18.2 Å². The third-order valence-electron chi connectivity index (χ3n) is 3.16. The molecule has 1 saturated carbocycles. The van der Waals surface area contributed by atoms with E-state index in [1.54, 1.807) is 0 Å². The summed E-state index contributed by atoms with van der Waals surface area (Å²) in [5.41, 5.74) is -0.210. The molecule has 1 aromatic carbocycles. The number of nitrogens with one attached hydrogen (secondary N) is 2. The topological polar surface area (TPSA) is 78.4 Å². The molecule has 102 valence electrons. The number of benzene rings is 1. The summed E-state index contributed by atoms with van der Waals surface area (Å²) >= 11 is 0. The number of amides is 2. The first-order chi connectivity index (χ1) is 8.95. The lowest BCUT2D eigenvalue weighted by molar-refractivity contribution is 0.0692. The van der Waals surface area contributed by atoms with Gasteiger partial charge in [-0.15, -0.1) is 0 Å². The Morgan fingerprint density at radius 2 is 2.05 bits per heavy atom. The first-order valence-electron chi connectivity index (χ1n) is 6.06. The van der Waals surface area contributed by atoms with Gasteiger partial charge in [-0.1, -0.05) is 6.92 Å². The summed E-state index contributed by atoms with van der Waals surface area (Å²) in [7, 11) is 0. The zero-order valence-electron chi connectivity index (χ0n) is 10.4. The molecule has 1 aromatic rings. The fraction of sp³-hybridized carbons (Fsp3) is 0.385. The number of carboxylic acids is 1. The predicted octanol–water partition coefficient (Wildman–Crippen LogP) is 2.44. The van der Waals surface area contributed by atoms with Crippen LogP contribution in [0.5, 0.6) is 0 Å². The molecule has 0 heterocycles. The minimum Gasteiger partial charge on any atom is -0.478 e. The zero-order chi connectivity index (χ0) is 14.0. The van der Waals surface area contributed by atoms with Crippen molar-refractivity contribution in [2.75, 3.05) is 5.32 Å². The Bertz CT molecular complexity index is 513. The summed E-state index contributed by atoms with van der Waals surface area (Å²) in [5, 5.41) is 14.0. The van der Waals surface area contributed by atoms with Crippen molar-refractivity contribution >= 4 is 17.7 Å². The van der Waals surface area contributed by atoms with Crippen molar-refractivity contribution in [1.29, 1.82) is 0 Å². The van der Waals surface area contributed by atoms with Gasteiger partial charge in [0.15, 0.2) is 0 Å². The molecular weight excluding hydrogens is 251 g/mol. The SMILES string of the molecule is CC1CC(NC(=O)Nc2ccc(F)c(C(=O)O)c2)C1. The van der Waals surface area contributed by atoms with Gasteiger partial charge in [-0.25, -0.2) is 14.0 Å². The van der Waals surface area contributed by atoms with Crippen LogP contribution in [0.1, 0.15) is 30.1 Å². The fourth-order valence-electron chi connectivity index (χ4n) is 2.14. The summed E-state index contributed by atoms with van der Waals surface area (Å²) in [6.07, 6.45) is 1.88. The van der Waals surface area contributed by atoms with E-state index < -0.39 is 23.4 Å². The number of anilines is 1. The number of hydrogen-bond donors (Lipinski definition) is 3. The largest absolute Gasteiger partial charge is 0.478 e. The Kier molecular flexibility index (Phi) is 3.69. The number of urea groups is 1. The van der Waals surface area contributed by atoms with Gasteiger partial charge in [-0.05, 0) is 37.0 Å². The molecular formula is C13H15FN2O3. The van der Waals surface area contributed by atoms with Crippen LogP contribution < -0.4 is 10.6 Å². The molecule has 0 radical (unpaired) electrons. The molecule has 0 spiro atoms. The summed E-state index contributed by atoms with van der Waals surface area (Å²) in [5.74, 6) is -1.57. The van der Waals surface area contributed by atoms with Gasteiger partial charge in [0.25, 0.3) is 0 Å². The van der Waals surface area contributed by atoms with E-state index in [4.69, 9.17) is 5.11 Å². The maximum absolute atomic E-state index is 13.2. The molecule has 1 fully saturated rings. The number of rotatable bonds is 3. The highest BCUT2D eigenvalue weighted by molar-refractivity contribution is 5.93. The number of carbonyl (C=O) groups excluding carboxylic acids is 1. The van der Waals surface area contributed by atoms with Crippen LogP contribution in [0.25, 0.3) is 0 Å². The first-order valence-corrected chi connectivity index (χ1v) is 6.06. The van der Waals surface area contributed by atoms with Gasteiger partial charge in [0, 0.05) is 11.7 Å². The van der Waals surface area contributed by atoms with Crippen molar-refractivity contribution in [2.24, 2.45) is 5.92 Å². The molecule has 1 aliphatic carbocycles. The molecule has 0 bridgehead atoms. The number of halogens is 1. The number of aromatic carboxylic acids is 1. The van der Waals surface area contributed by atoms with E-state index in [1.165, 1.54) is 6.07 Å². The normalized spacial score (nSPS) is 21.4. The molecule has 0 unspecified atom stereocenters. The maximum Gasteiger partial charge on any atom is 0.338 e. The summed E-state index contributed by atoms with van der Waals surface area (Å²) in [4.78, 5) is 22.4. The van der Waals surface area contributed by atoms with Crippen LogP contribution in [0, 0.1) is 11.7 Å². The second kappa shape index (κ2) is 5.26. The second-order valence-electron chi connectivity index (χ2n) is 4.87.